The molecule has 0 aliphatic carbocycles. The Morgan fingerprint density at radius 1 is 1.54 bits per heavy atom. The van der Waals surface area contributed by atoms with Gasteiger partial charge in [0.25, 0.3) is 0 Å². The van der Waals surface area contributed by atoms with E-state index in [0.717, 1.165) is 17.0 Å². The Morgan fingerprint density at radius 2 is 2.23 bits per heavy atom. The van der Waals surface area contributed by atoms with Gasteiger partial charge in [-0.2, -0.15) is 10.2 Å². The summed E-state index contributed by atoms with van der Waals surface area (Å²) in [6.45, 7) is 3.77. The zero-order valence-corrected chi connectivity index (χ0v) is 7.91. The standard InChI is InChI=1S/C10H13N3/c1-4-5-10(11)9-6-7(2)12-13-8(9)3/h1,6,10H,5,11H2,2-3H3. The fourth-order valence-corrected chi connectivity index (χ4v) is 1.18. The molecule has 2 N–H and O–H groups in total. The maximum absolute atomic E-state index is 5.86. The fraction of sp³-hybridized carbons (Fsp3) is 0.400. The molecule has 0 aliphatic heterocycles. The molecule has 0 radical (unpaired) electrons. The van der Waals surface area contributed by atoms with Gasteiger partial charge in [0.2, 0.25) is 0 Å². The molecular formula is C10H13N3. The third kappa shape index (κ3) is 2.27. The van der Waals surface area contributed by atoms with E-state index in [2.05, 4.69) is 16.1 Å². The summed E-state index contributed by atoms with van der Waals surface area (Å²) in [6.07, 6.45) is 5.72. The van der Waals surface area contributed by atoms with E-state index in [1.54, 1.807) is 0 Å². The van der Waals surface area contributed by atoms with Crippen molar-refractivity contribution in [2.45, 2.75) is 26.3 Å². The number of hydrogen-bond donors (Lipinski definition) is 1. The normalized spacial score (nSPS) is 12.2. The van der Waals surface area contributed by atoms with Crippen LogP contribution >= 0.6 is 0 Å². The van der Waals surface area contributed by atoms with Crippen LogP contribution in [0.15, 0.2) is 6.07 Å². The number of hydrogen-bond acceptors (Lipinski definition) is 3. The summed E-state index contributed by atoms with van der Waals surface area (Å²) in [5.41, 5.74) is 8.58. The molecule has 1 heterocycles. The second-order valence-corrected chi connectivity index (χ2v) is 3.04. The molecule has 3 nitrogen and oxygen atoms in total. The minimum Gasteiger partial charge on any atom is -0.323 e. The molecular weight excluding hydrogens is 162 g/mol. The third-order valence-electron chi connectivity index (χ3n) is 1.88. The maximum atomic E-state index is 5.86. The molecule has 0 bridgehead atoms. The van der Waals surface area contributed by atoms with E-state index in [0.29, 0.717) is 6.42 Å². The van der Waals surface area contributed by atoms with E-state index in [4.69, 9.17) is 12.2 Å². The van der Waals surface area contributed by atoms with Gasteiger partial charge in [-0.15, -0.1) is 12.3 Å². The summed E-state index contributed by atoms with van der Waals surface area (Å²) in [7, 11) is 0. The van der Waals surface area contributed by atoms with E-state index >= 15 is 0 Å². The molecule has 1 aromatic rings. The van der Waals surface area contributed by atoms with Crippen molar-refractivity contribution in [1.29, 1.82) is 0 Å². The Labute approximate surface area is 78.4 Å². The molecule has 68 valence electrons. The van der Waals surface area contributed by atoms with Crippen LogP contribution in [0.3, 0.4) is 0 Å². The number of nitrogens with zero attached hydrogens (tertiary/aromatic N) is 2. The van der Waals surface area contributed by atoms with Crippen LogP contribution in [0.2, 0.25) is 0 Å². The number of nitrogens with two attached hydrogens (primary N) is 1. The van der Waals surface area contributed by atoms with Gasteiger partial charge >= 0.3 is 0 Å². The van der Waals surface area contributed by atoms with E-state index in [9.17, 15) is 0 Å². The molecule has 1 aromatic heterocycles. The van der Waals surface area contributed by atoms with Gasteiger partial charge in [0.15, 0.2) is 0 Å². The first-order valence-electron chi connectivity index (χ1n) is 4.15. The molecule has 0 amide bonds. The molecule has 3 heteroatoms. The van der Waals surface area contributed by atoms with Crippen LogP contribution < -0.4 is 5.73 Å². The number of aromatic nitrogens is 2. The second-order valence-electron chi connectivity index (χ2n) is 3.04. The number of terminal acetylenes is 1. The third-order valence-corrected chi connectivity index (χ3v) is 1.88. The lowest BCUT2D eigenvalue weighted by molar-refractivity contribution is 0.727. The highest BCUT2D eigenvalue weighted by Gasteiger charge is 2.09. The predicted octanol–water partition coefficient (Wildman–Crippen LogP) is 1.12. The van der Waals surface area contributed by atoms with Crippen molar-refractivity contribution >= 4 is 0 Å². The molecule has 0 aliphatic rings. The lowest BCUT2D eigenvalue weighted by Gasteiger charge is -2.10. The lowest BCUT2D eigenvalue weighted by Crippen LogP contribution is -2.12. The largest absolute Gasteiger partial charge is 0.323 e. The highest BCUT2D eigenvalue weighted by atomic mass is 15.1. The van der Waals surface area contributed by atoms with Crippen LogP contribution in [0.1, 0.15) is 29.4 Å². The molecule has 0 aromatic carbocycles. The average Bonchev–Trinajstić information content (AvgIpc) is 2.09. The van der Waals surface area contributed by atoms with Gasteiger partial charge in [0.1, 0.15) is 0 Å². The summed E-state index contributed by atoms with van der Waals surface area (Å²) in [4.78, 5) is 0. The molecule has 1 rings (SSSR count). The molecule has 0 saturated heterocycles. The topological polar surface area (TPSA) is 51.8 Å². The SMILES string of the molecule is C#CCC(N)c1cc(C)nnc1C. The lowest BCUT2D eigenvalue weighted by atomic mass is 10.0. The maximum Gasteiger partial charge on any atom is 0.0648 e. The zero-order chi connectivity index (χ0) is 9.84. The van der Waals surface area contributed by atoms with Crippen LogP contribution in [-0.2, 0) is 0 Å². The van der Waals surface area contributed by atoms with Crippen LogP contribution in [-0.4, -0.2) is 10.2 Å². The minimum atomic E-state index is -0.126. The van der Waals surface area contributed by atoms with Crippen molar-refractivity contribution in [2.75, 3.05) is 0 Å². The fourth-order valence-electron chi connectivity index (χ4n) is 1.18. The van der Waals surface area contributed by atoms with Crippen LogP contribution in [0, 0.1) is 26.2 Å². The smallest absolute Gasteiger partial charge is 0.0648 e. The summed E-state index contributed by atoms with van der Waals surface area (Å²) in [5, 5.41) is 7.91. The average molecular weight is 175 g/mol. The van der Waals surface area contributed by atoms with Crippen molar-refractivity contribution in [3.8, 4) is 12.3 Å². The first-order chi connectivity index (χ1) is 6.15. The number of aryl methyl sites for hydroxylation is 2. The zero-order valence-electron chi connectivity index (χ0n) is 7.91. The first-order valence-corrected chi connectivity index (χ1v) is 4.15. The van der Waals surface area contributed by atoms with Crippen molar-refractivity contribution in [3.05, 3.63) is 23.0 Å². The Balaban J connectivity index is 3.00. The quantitative estimate of drug-likeness (QED) is 0.685. The van der Waals surface area contributed by atoms with E-state index < -0.39 is 0 Å². The highest BCUT2D eigenvalue weighted by Crippen LogP contribution is 2.16. The Morgan fingerprint density at radius 3 is 2.85 bits per heavy atom. The summed E-state index contributed by atoms with van der Waals surface area (Å²) in [5.74, 6) is 2.54. The second kappa shape index (κ2) is 4.01. The Kier molecular flexibility index (Phi) is 2.99. The minimum absolute atomic E-state index is 0.126. The van der Waals surface area contributed by atoms with Crippen LogP contribution in [0.25, 0.3) is 0 Å². The van der Waals surface area contributed by atoms with Gasteiger partial charge in [-0.25, -0.2) is 0 Å². The van der Waals surface area contributed by atoms with Crippen molar-refractivity contribution in [2.24, 2.45) is 5.73 Å². The predicted molar refractivity (Wildman–Crippen MR) is 51.9 cm³/mol. The molecule has 0 spiro atoms. The van der Waals surface area contributed by atoms with Gasteiger partial charge in [0.05, 0.1) is 11.4 Å². The molecule has 0 fully saturated rings. The van der Waals surface area contributed by atoms with E-state index in [1.807, 2.05) is 19.9 Å². The van der Waals surface area contributed by atoms with Gasteiger partial charge < -0.3 is 5.73 Å². The van der Waals surface area contributed by atoms with Gasteiger partial charge in [-0.3, -0.25) is 0 Å². The van der Waals surface area contributed by atoms with Crippen LogP contribution in [0.5, 0.6) is 0 Å². The first kappa shape index (κ1) is 9.69. The Hall–Kier alpha value is -1.40. The molecule has 0 saturated carbocycles. The molecule has 1 unspecified atom stereocenters. The van der Waals surface area contributed by atoms with Gasteiger partial charge in [-0.05, 0) is 25.5 Å². The van der Waals surface area contributed by atoms with E-state index in [-0.39, 0.29) is 6.04 Å². The van der Waals surface area contributed by atoms with Crippen LogP contribution in [0.4, 0.5) is 0 Å². The monoisotopic (exact) mass is 175 g/mol. The van der Waals surface area contributed by atoms with Gasteiger partial charge in [-0.1, -0.05) is 0 Å². The summed E-state index contributed by atoms with van der Waals surface area (Å²) < 4.78 is 0. The van der Waals surface area contributed by atoms with E-state index in [1.165, 1.54) is 0 Å². The molecule has 1 atom stereocenters. The van der Waals surface area contributed by atoms with Crippen molar-refractivity contribution in [1.82, 2.24) is 10.2 Å². The molecule has 13 heavy (non-hydrogen) atoms. The Bertz CT molecular complexity index is 339. The highest BCUT2D eigenvalue weighted by molar-refractivity contribution is 5.24. The van der Waals surface area contributed by atoms with Gasteiger partial charge in [0, 0.05) is 12.5 Å². The summed E-state index contributed by atoms with van der Waals surface area (Å²) in [6, 6.07) is 1.81. The van der Waals surface area contributed by atoms with Crippen molar-refractivity contribution < 1.29 is 0 Å². The summed E-state index contributed by atoms with van der Waals surface area (Å²) >= 11 is 0. The van der Waals surface area contributed by atoms with Crippen molar-refractivity contribution in [3.63, 3.8) is 0 Å². The number of rotatable bonds is 2.